The van der Waals surface area contributed by atoms with Gasteiger partial charge in [-0.15, -0.1) is 0 Å². The molecule has 2 atom stereocenters. The molecular weight excluding hydrogens is 258 g/mol. The zero-order valence-corrected chi connectivity index (χ0v) is 13.4. The highest BCUT2D eigenvalue weighted by Crippen LogP contribution is 2.29. The molecule has 4 nitrogen and oxygen atoms in total. The van der Waals surface area contributed by atoms with Crippen LogP contribution in [0.1, 0.15) is 50.9 Å². The molecule has 0 aliphatic carbocycles. The predicted molar refractivity (Wildman–Crippen MR) is 80.0 cm³/mol. The Kier molecular flexibility index (Phi) is 4.16. The van der Waals surface area contributed by atoms with Crippen molar-refractivity contribution in [3.63, 3.8) is 0 Å². The topological polar surface area (TPSA) is 46.9 Å². The van der Waals surface area contributed by atoms with Gasteiger partial charge >= 0.3 is 0 Å². The van der Waals surface area contributed by atoms with Gasteiger partial charge in [0.2, 0.25) is 0 Å². The molecule has 19 heavy (non-hydrogen) atoms. The van der Waals surface area contributed by atoms with Crippen molar-refractivity contribution in [2.24, 2.45) is 0 Å². The zero-order chi connectivity index (χ0) is 14.2. The van der Waals surface area contributed by atoms with E-state index >= 15 is 0 Å². The van der Waals surface area contributed by atoms with Crippen molar-refractivity contribution in [2.75, 3.05) is 18.6 Å². The average Bonchev–Trinajstić information content (AvgIpc) is 2.66. The highest BCUT2D eigenvalue weighted by atomic mass is 32.2. The second-order valence-electron chi connectivity index (χ2n) is 6.46. The highest BCUT2D eigenvalue weighted by molar-refractivity contribution is 7.84. The third-order valence-corrected chi connectivity index (χ3v) is 4.46. The quantitative estimate of drug-likeness (QED) is 0.919. The van der Waals surface area contributed by atoms with Crippen molar-refractivity contribution >= 4 is 10.8 Å². The van der Waals surface area contributed by atoms with E-state index in [1.54, 1.807) is 6.26 Å². The van der Waals surface area contributed by atoms with Gasteiger partial charge in [0.15, 0.2) is 0 Å². The van der Waals surface area contributed by atoms with E-state index in [0.717, 1.165) is 25.3 Å². The highest BCUT2D eigenvalue weighted by Gasteiger charge is 2.29. The van der Waals surface area contributed by atoms with Crippen LogP contribution in [0.2, 0.25) is 0 Å². The number of nitrogens with zero attached hydrogens (tertiary/aromatic N) is 2. The minimum atomic E-state index is -0.780. The second kappa shape index (κ2) is 5.37. The van der Waals surface area contributed by atoms with Gasteiger partial charge < -0.3 is 9.88 Å². The first-order valence-electron chi connectivity index (χ1n) is 6.92. The first-order valence-corrected chi connectivity index (χ1v) is 8.64. The molecule has 2 heterocycles. The molecule has 0 saturated carbocycles. The van der Waals surface area contributed by atoms with Crippen LogP contribution in [0.5, 0.6) is 0 Å². The molecule has 2 rings (SSSR count). The van der Waals surface area contributed by atoms with Gasteiger partial charge in [-0.2, -0.15) is 0 Å². The molecule has 0 spiro atoms. The fraction of sp³-hybridized carbons (Fsp3) is 0.786. The Bertz CT molecular complexity index is 488. The van der Waals surface area contributed by atoms with Crippen LogP contribution in [0.3, 0.4) is 0 Å². The van der Waals surface area contributed by atoms with Crippen molar-refractivity contribution in [3.05, 3.63) is 17.2 Å². The van der Waals surface area contributed by atoms with Gasteiger partial charge in [-0.25, -0.2) is 4.98 Å². The lowest BCUT2D eigenvalue weighted by molar-refractivity contribution is 0.459. The summed E-state index contributed by atoms with van der Waals surface area (Å²) in [5.74, 6) is 1.82. The Morgan fingerprint density at radius 1 is 1.47 bits per heavy atom. The van der Waals surface area contributed by atoms with E-state index in [4.69, 9.17) is 4.98 Å². The monoisotopic (exact) mass is 283 g/mol. The zero-order valence-electron chi connectivity index (χ0n) is 12.6. The Hall–Kier alpha value is -0.680. The van der Waals surface area contributed by atoms with E-state index in [1.807, 2.05) is 0 Å². The summed E-state index contributed by atoms with van der Waals surface area (Å²) in [6, 6.07) is 0.245. The van der Waals surface area contributed by atoms with Crippen LogP contribution < -0.4 is 5.32 Å². The second-order valence-corrected chi connectivity index (χ2v) is 7.94. The normalized spacial score (nSPS) is 19.0. The van der Waals surface area contributed by atoms with Gasteiger partial charge in [0.1, 0.15) is 5.82 Å². The molecule has 1 aliphatic rings. The molecule has 1 aromatic heterocycles. The van der Waals surface area contributed by atoms with Gasteiger partial charge in [-0.1, -0.05) is 20.8 Å². The molecule has 0 aromatic carbocycles. The number of aromatic nitrogens is 2. The van der Waals surface area contributed by atoms with Crippen LogP contribution in [0, 0.1) is 0 Å². The van der Waals surface area contributed by atoms with Gasteiger partial charge in [0.25, 0.3) is 0 Å². The van der Waals surface area contributed by atoms with Crippen LogP contribution in [-0.2, 0) is 29.2 Å². The van der Waals surface area contributed by atoms with Crippen LogP contribution >= 0.6 is 0 Å². The van der Waals surface area contributed by atoms with E-state index in [9.17, 15) is 4.21 Å². The molecule has 1 aliphatic heterocycles. The van der Waals surface area contributed by atoms with Crippen molar-refractivity contribution in [1.29, 1.82) is 0 Å². The Morgan fingerprint density at radius 3 is 2.74 bits per heavy atom. The minimum Gasteiger partial charge on any atom is -0.328 e. The lowest BCUT2D eigenvalue weighted by Crippen LogP contribution is -2.28. The van der Waals surface area contributed by atoms with E-state index < -0.39 is 10.8 Å². The summed E-state index contributed by atoms with van der Waals surface area (Å²) in [6.07, 6.45) is 2.79. The van der Waals surface area contributed by atoms with Crippen molar-refractivity contribution < 1.29 is 4.21 Å². The van der Waals surface area contributed by atoms with Crippen LogP contribution in [0.15, 0.2) is 0 Å². The van der Waals surface area contributed by atoms with Gasteiger partial charge in [0.05, 0.1) is 5.69 Å². The predicted octanol–water partition coefficient (Wildman–Crippen LogP) is 1.77. The molecular formula is C14H25N3OS. The molecule has 108 valence electrons. The summed E-state index contributed by atoms with van der Waals surface area (Å²) < 4.78 is 13.9. The summed E-state index contributed by atoms with van der Waals surface area (Å²) in [6.45, 7) is 10.6. The molecule has 1 aromatic rings. The SMILES string of the molecule is CC(CS(C)=O)n1c(C(C)(C)C)nc2c1CCNC2. The number of nitrogens with one attached hydrogen (secondary N) is 1. The number of hydrogen-bond acceptors (Lipinski definition) is 3. The Morgan fingerprint density at radius 2 is 2.16 bits per heavy atom. The van der Waals surface area contributed by atoms with Crippen LogP contribution in [0.4, 0.5) is 0 Å². The molecule has 5 heteroatoms. The summed E-state index contributed by atoms with van der Waals surface area (Å²) in [7, 11) is -0.780. The van der Waals surface area contributed by atoms with Crippen molar-refractivity contribution in [3.8, 4) is 0 Å². The number of hydrogen-bond donors (Lipinski definition) is 1. The van der Waals surface area contributed by atoms with Crippen LogP contribution in [-0.4, -0.2) is 32.3 Å². The summed E-state index contributed by atoms with van der Waals surface area (Å²) >= 11 is 0. The molecule has 0 bridgehead atoms. The van der Waals surface area contributed by atoms with E-state index in [1.165, 1.54) is 11.4 Å². The first kappa shape index (κ1) is 14.7. The fourth-order valence-corrected chi connectivity index (χ4v) is 3.58. The van der Waals surface area contributed by atoms with Gasteiger partial charge in [0, 0.05) is 59.5 Å². The lowest BCUT2D eigenvalue weighted by Gasteiger charge is -2.26. The maximum absolute atomic E-state index is 11.5. The van der Waals surface area contributed by atoms with E-state index in [0.29, 0.717) is 5.75 Å². The molecule has 0 amide bonds. The molecule has 0 radical (unpaired) electrons. The standard InChI is InChI=1S/C14H25N3OS/c1-10(9-19(5)18)17-12-6-7-15-8-11(12)16-13(17)14(2,3)4/h10,15H,6-9H2,1-5H3. The largest absolute Gasteiger partial charge is 0.328 e. The lowest BCUT2D eigenvalue weighted by atomic mass is 9.95. The summed E-state index contributed by atoms with van der Waals surface area (Å²) in [5, 5.41) is 3.38. The van der Waals surface area contributed by atoms with Crippen molar-refractivity contribution in [2.45, 2.75) is 52.1 Å². The Balaban J connectivity index is 2.49. The average molecular weight is 283 g/mol. The van der Waals surface area contributed by atoms with Crippen LogP contribution in [0.25, 0.3) is 0 Å². The first-order chi connectivity index (χ1) is 8.80. The third-order valence-electron chi connectivity index (χ3n) is 3.51. The Labute approximate surface area is 118 Å². The molecule has 0 saturated heterocycles. The molecule has 2 unspecified atom stereocenters. The smallest absolute Gasteiger partial charge is 0.114 e. The van der Waals surface area contributed by atoms with Gasteiger partial charge in [-0.05, 0) is 6.92 Å². The van der Waals surface area contributed by atoms with Crippen molar-refractivity contribution in [1.82, 2.24) is 14.9 Å². The summed E-state index contributed by atoms with van der Waals surface area (Å²) in [4.78, 5) is 4.85. The molecule has 1 N–H and O–H groups in total. The minimum absolute atomic E-state index is 0.0147. The van der Waals surface area contributed by atoms with E-state index in [-0.39, 0.29) is 11.5 Å². The van der Waals surface area contributed by atoms with E-state index in [2.05, 4.69) is 37.6 Å². The maximum Gasteiger partial charge on any atom is 0.114 e. The van der Waals surface area contributed by atoms with Gasteiger partial charge in [-0.3, -0.25) is 4.21 Å². The number of rotatable bonds is 3. The molecule has 0 fully saturated rings. The third kappa shape index (κ3) is 3.08. The maximum atomic E-state index is 11.5. The number of fused-ring (bicyclic) bond motifs is 1. The fourth-order valence-electron chi connectivity index (χ4n) is 2.75. The number of imidazole rings is 1. The summed E-state index contributed by atoms with van der Waals surface area (Å²) in [5.41, 5.74) is 2.52.